The molecule has 1 fully saturated rings. The van der Waals surface area contributed by atoms with E-state index in [0.717, 1.165) is 11.8 Å². The van der Waals surface area contributed by atoms with Gasteiger partial charge in [-0.15, -0.1) is 0 Å². The second-order valence-corrected chi connectivity index (χ2v) is 6.60. The Kier molecular flexibility index (Phi) is 6.09. The number of rotatable bonds is 7. The van der Waals surface area contributed by atoms with Gasteiger partial charge in [0.2, 0.25) is 0 Å². The summed E-state index contributed by atoms with van der Waals surface area (Å²) in [6.07, 6.45) is 8.38. The maximum atomic E-state index is 3.64. The Balaban J connectivity index is 2.14. The summed E-state index contributed by atoms with van der Waals surface area (Å²) in [5.74, 6) is 2.32. The maximum Gasteiger partial charge on any atom is 0.0138 e. The average Bonchev–Trinajstić information content (AvgIpc) is 3.00. The van der Waals surface area contributed by atoms with Crippen molar-refractivity contribution in [2.75, 3.05) is 7.05 Å². The monoisotopic (exact) mass is 273 g/mol. The van der Waals surface area contributed by atoms with Crippen molar-refractivity contribution in [2.24, 2.45) is 11.8 Å². The molecule has 1 aromatic rings. The Morgan fingerprint density at radius 3 is 2.35 bits per heavy atom. The van der Waals surface area contributed by atoms with E-state index in [4.69, 9.17) is 0 Å². The van der Waals surface area contributed by atoms with Crippen molar-refractivity contribution in [3.05, 3.63) is 35.9 Å². The Morgan fingerprint density at radius 2 is 1.80 bits per heavy atom. The molecule has 0 radical (unpaired) electrons. The Labute approximate surface area is 125 Å². The molecule has 0 spiro atoms. The van der Waals surface area contributed by atoms with Crippen molar-refractivity contribution in [1.29, 1.82) is 0 Å². The maximum absolute atomic E-state index is 3.64. The predicted octanol–water partition coefficient (Wildman–Crippen LogP) is 4.98. The van der Waals surface area contributed by atoms with E-state index in [1.165, 1.54) is 44.1 Å². The lowest BCUT2D eigenvalue weighted by Crippen LogP contribution is -2.36. The first-order valence-corrected chi connectivity index (χ1v) is 8.48. The van der Waals surface area contributed by atoms with E-state index in [1.54, 1.807) is 0 Å². The van der Waals surface area contributed by atoms with Crippen LogP contribution in [0, 0.1) is 11.8 Å². The molecule has 0 amide bonds. The highest BCUT2D eigenvalue weighted by molar-refractivity contribution is 5.22. The van der Waals surface area contributed by atoms with Crippen LogP contribution in [0.15, 0.2) is 30.3 Å². The number of hydrogen-bond acceptors (Lipinski definition) is 1. The van der Waals surface area contributed by atoms with Crippen LogP contribution in [0.5, 0.6) is 0 Å². The first-order valence-electron chi connectivity index (χ1n) is 8.48. The summed E-state index contributed by atoms with van der Waals surface area (Å²) in [5, 5.41) is 3.64. The van der Waals surface area contributed by atoms with E-state index in [0.29, 0.717) is 12.0 Å². The standard InChI is InChI=1S/C19H31N/c1-4-15(2)19(17-12-6-5-7-13-17)18(20-3)14-16-10-8-9-11-16/h5-7,12-13,15-16,18-20H,4,8-11,14H2,1-3H3. The van der Waals surface area contributed by atoms with Crippen LogP contribution in [-0.4, -0.2) is 13.1 Å². The lowest BCUT2D eigenvalue weighted by atomic mass is 9.77. The van der Waals surface area contributed by atoms with E-state index < -0.39 is 0 Å². The summed E-state index contributed by atoms with van der Waals surface area (Å²) in [6.45, 7) is 4.74. The van der Waals surface area contributed by atoms with Gasteiger partial charge in [0, 0.05) is 12.0 Å². The molecule has 0 saturated heterocycles. The third-order valence-electron chi connectivity index (χ3n) is 5.31. The molecule has 20 heavy (non-hydrogen) atoms. The second kappa shape index (κ2) is 7.83. The van der Waals surface area contributed by atoms with Crippen LogP contribution in [0.4, 0.5) is 0 Å². The Bertz CT molecular complexity index is 367. The van der Waals surface area contributed by atoms with Crippen molar-refractivity contribution in [3.63, 3.8) is 0 Å². The molecule has 3 atom stereocenters. The summed E-state index contributed by atoms with van der Waals surface area (Å²) in [5.41, 5.74) is 1.51. The molecular weight excluding hydrogens is 242 g/mol. The highest BCUT2D eigenvalue weighted by Gasteiger charge is 2.29. The van der Waals surface area contributed by atoms with Gasteiger partial charge in [0.15, 0.2) is 0 Å². The molecule has 112 valence electrons. The van der Waals surface area contributed by atoms with E-state index in [2.05, 4.69) is 56.5 Å². The molecule has 1 aliphatic carbocycles. The number of hydrogen-bond donors (Lipinski definition) is 1. The SMILES string of the molecule is CCC(C)C(c1ccccc1)C(CC1CCCC1)NC. The highest BCUT2D eigenvalue weighted by atomic mass is 14.9. The number of benzene rings is 1. The van der Waals surface area contributed by atoms with Crippen LogP contribution in [0.25, 0.3) is 0 Å². The molecule has 1 saturated carbocycles. The summed E-state index contributed by atoms with van der Waals surface area (Å²) in [4.78, 5) is 0. The second-order valence-electron chi connectivity index (χ2n) is 6.60. The smallest absolute Gasteiger partial charge is 0.0138 e. The van der Waals surface area contributed by atoms with Gasteiger partial charge in [-0.2, -0.15) is 0 Å². The third-order valence-corrected chi connectivity index (χ3v) is 5.31. The predicted molar refractivity (Wildman–Crippen MR) is 88.1 cm³/mol. The quantitative estimate of drug-likeness (QED) is 0.738. The lowest BCUT2D eigenvalue weighted by Gasteiger charge is -2.33. The van der Waals surface area contributed by atoms with Crippen molar-refractivity contribution < 1.29 is 0 Å². The summed E-state index contributed by atoms with van der Waals surface area (Å²) in [7, 11) is 2.15. The fraction of sp³-hybridized carbons (Fsp3) is 0.684. The normalized spacial score (nSPS) is 20.8. The largest absolute Gasteiger partial charge is 0.316 e. The van der Waals surface area contributed by atoms with E-state index >= 15 is 0 Å². The zero-order chi connectivity index (χ0) is 14.4. The van der Waals surface area contributed by atoms with Gasteiger partial charge in [-0.05, 0) is 30.9 Å². The molecule has 2 rings (SSSR count). The molecule has 1 aliphatic rings. The Hall–Kier alpha value is -0.820. The zero-order valence-electron chi connectivity index (χ0n) is 13.4. The molecule has 1 nitrogen and oxygen atoms in total. The molecule has 0 heterocycles. The zero-order valence-corrected chi connectivity index (χ0v) is 13.4. The van der Waals surface area contributed by atoms with Crippen LogP contribution in [0.2, 0.25) is 0 Å². The summed E-state index contributed by atoms with van der Waals surface area (Å²) >= 11 is 0. The average molecular weight is 273 g/mol. The van der Waals surface area contributed by atoms with Crippen LogP contribution in [0.3, 0.4) is 0 Å². The molecule has 1 heteroatoms. The fourth-order valence-electron chi connectivity index (χ4n) is 3.94. The van der Waals surface area contributed by atoms with Gasteiger partial charge in [-0.25, -0.2) is 0 Å². The van der Waals surface area contributed by atoms with Gasteiger partial charge in [0.1, 0.15) is 0 Å². The van der Waals surface area contributed by atoms with Crippen LogP contribution in [-0.2, 0) is 0 Å². The minimum Gasteiger partial charge on any atom is -0.316 e. The number of likely N-dealkylation sites (N-methyl/N-ethyl adjacent to an activating group) is 1. The van der Waals surface area contributed by atoms with Gasteiger partial charge < -0.3 is 5.32 Å². The Morgan fingerprint density at radius 1 is 1.15 bits per heavy atom. The lowest BCUT2D eigenvalue weighted by molar-refractivity contribution is 0.297. The van der Waals surface area contributed by atoms with Crippen LogP contribution < -0.4 is 5.32 Å². The first kappa shape index (κ1) is 15.6. The van der Waals surface area contributed by atoms with E-state index in [9.17, 15) is 0 Å². The van der Waals surface area contributed by atoms with Gasteiger partial charge in [-0.1, -0.05) is 76.3 Å². The minimum absolute atomic E-state index is 0.621. The summed E-state index contributed by atoms with van der Waals surface area (Å²) < 4.78 is 0. The van der Waals surface area contributed by atoms with E-state index in [-0.39, 0.29) is 0 Å². The summed E-state index contributed by atoms with van der Waals surface area (Å²) in [6, 6.07) is 11.8. The molecular formula is C19H31N. The highest BCUT2D eigenvalue weighted by Crippen LogP contribution is 2.36. The molecule has 0 aromatic heterocycles. The van der Waals surface area contributed by atoms with Crippen molar-refractivity contribution >= 4 is 0 Å². The first-order chi connectivity index (χ1) is 9.76. The van der Waals surface area contributed by atoms with Gasteiger partial charge in [-0.3, -0.25) is 0 Å². The topological polar surface area (TPSA) is 12.0 Å². The molecule has 0 aliphatic heterocycles. The van der Waals surface area contributed by atoms with Crippen LogP contribution >= 0.6 is 0 Å². The molecule has 1 aromatic carbocycles. The van der Waals surface area contributed by atoms with Crippen molar-refractivity contribution in [2.45, 2.75) is 64.3 Å². The van der Waals surface area contributed by atoms with Gasteiger partial charge in [0.25, 0.3) is 0 Å². The number of nitrogens with one attached hydrogen (secondary N) is 1. The third kappa shape index (κ3) is 3.85. The molecule has 1 N–H and O–H groups in total. The van der Waals surface area contributed by atoms with Gasteiger partial charge >= 0.3 is 0 Å². The van der Waals surface area contributed by atoms with Gasteiger partial charge in [0.05, 0.1) is 0 Å². The van der Waals surface area contributed by atoms with Crippen molar-refractivity contribution in [3.8, 4) is 0 Å². The fourth-order valence-corrected chi connectivity index (χ4v) is 3.94. The van der Waals surface area contributed by atoms with Crippen LogP contribution in [0.1, 0.15) is 63.9 Å². The molecule has 3 unspecified atom stereocenters. The minimum atomic E-state index is 0.621. The molecule has 0 bridgehead atoms. The van der Waals surface area contributed by atoms with Crippen molar-refractivity contribution in [1.82, 2.24) is 5.32 Å². The van der Waals surface area contributed by atoms with E-state index in [1.807, 2.05) is 0 Å².